The van der Waals surface area contributed by atoms with Gasteiger partial charge in [0.15, 0.2) is 0 Å². The summed E-state index contributed by atoms with van der Waals surface area (Å²) in [6.45, 7) is 7.93. The molecule has 2 aromatic carbocycles. The van der Waals surface area contributed by atoms with Crippen LogP contribution in [0.25, 0.3) is 12.2 Å². The molecule has 0 saturated heterocycles. The molecule has 0 aliphatic rings. The molecule has 0 amide bonds. The van der Waals surface area contributed by atoms with Gasteiger partial charge in [-0.15, -0.1) is 0 Å². The van der Waals surface area contributed by atoms with Crippen LogP contribution in [-0.2, 0) is 6.54 Å². The summed E-state index contributed by atoms with van der Waals surface area (Å²) >= 11 is 0. The lowest BCUT2D eigenvalue weighted by Gasteiger charge is -2.20. The molecule has 1 heteroatoms. The number of hydrogen-bond acceptors (Lipinski definition) is 1. The first kappa shape index (κ1) is 16.5. The van der Waals surface area contributed by atoms with Gasteiger partial charge in [-0.05, 0) is 42.6 Å². The van der Waals surface area contributed by atoms with Gasteiger partial charge in [0, 0.05) is 6.54 Å². The van der Waals surface area contributed by atoms with Gasteiger partial charge in [0.1, 0.15) is 0 Å². The zero-order valence-electron chi connectivity index (χ0n) is 13.8. The fourth-order valence-corrected chi connectivity index (χ4v) is 2.65. The van der Waals surface area contributed by atoms with E-state index >= 15 is 0 Å². The van der Waals surface area contributed by atoms with E-state index in [0.717, 1.165) is 6.54 Å². The fraction of sp³-hybridized carbons (Fsp3) is 0.333. The van der Waals surface area contributed by atoms with Crippen molar-refractivity contribution < 1.29 is 0 Å². The second-order valence-electron chi connectivity index (χ2n) is 5.76. The summed E-state index contributed by atoms with van der Waals surface area (Å²) in [7, 11) is 0. The Kier molecular flexibility index (Phi) is 6.92. The lowest BCUT2D eigenvalue weighted by molar-refractivity contribution is 0.266. The molecule has 2 rings (SSSR count). The standard InChI is InChI=1S/C21H27N/c1-3-16-22(17-4-2)18-21-14-12-20(13-15-21)11-10-19-8-6-5-7-9-19/h5-15H,3-4,16-18H2,1-2H3/b11-10+. The van der Waals surface area contributed by atoms with Gasteiger partial charge in [0.2, 0.25) is 0 Å². The van der Waals surface area contributed by atoms with Crippen molar-refractivity contribution in [2.24, 2.45) is 0 Å². The summed E-state index contributed by atoms with van der Waals surface area (Å²) in [5.41, 5.74) is 3.90. The highest BCUT2D eigenvalue weighted by Crippen LogP contribution is 2.12. The van der Waals surface area contributed by atoms with Crippen LogP contribution < -0.4 is 0 Å². The number of hydrogen-bond donors (Lipinski definition) is 0. The number of rotatable bonds is 8. The van der Waals surface area contributed by atoms with Crippen molar-refractivity contribution in [3.05, 3.63) is 71.3 Å². The van der Waals surface area contributed by atoms with Crippen LogP contribution in [-0.4, -0.2) is 18.0 Å². The van der Waals surface area contributed by atoms with Gasteiger partial charge in [-0.2, -0.15) is 0 Å². The van der Waals surface area contributed by atoms with Crippen LogP contribution in [0.4, 0.5) is 0 Å². The molecule has 0 unspecified atom stereocenters. The molecular formula is C21H27N. The van der Waals surface area contributed by atoms with Crippen LogP contribution in [0.15, 0.2) is 54.6 Å². The second kappa shape index (κ2) is 9.22. The zero-order valence-corrected chi connectivity index (χ0v) is 13.8. The molecule has 0 spiro atoms. The van der Waals surface area contributed by atoms with E-state index in [9.17, 15) is 0 Å². The predicted molar refractivity (Wildman–Crippen MR) is 97.7 cm³/mol. The van der Waals surface area contributed by atoms with Gasteiger partial charge >= 0.3 is 0 Å². The Morgan fingerprint density at radius 1 is 0.727 bits per heavy atom. The van der Waals surface area contributed by atoms with E-state index in [1.807, 2.05) is 6.07 Å². The van der Waals surface area contributed by atoms with Crippen LogP contribution in [0.3, 0.4) is 0 Å². The van der Waals surface area contributed by atoms with Crippen molar-refractivity contribution in [2.75, 3.05) is 13.1 Å². The van der Waals surface area contributed by atoms with Gasteiger partial charge in [-0.1, -0.05) is 80.6 Å². The van der Waals surface area contributed by atoms with Crippen LogP contribution in [0.5, 0.6) is 0 Å². The molecular weight excluding hydrogens is 266 g/mol. The molecule has 0 bridgehead atoms. The first-order valence-electron chi connectivity index (χ1n) is 8.36. The normalized spacial score (nSPS) is 11.4. The molecule has 1 nitrogen and oxygen atoms in total. The van der Waals surface area contributed by atoms with Crippen molar-refractivity contribution >= 4 is 12.2 Å². The smallest absolute Gasteiger partial charge is 0.0233 e. The van der Waals surface area contributed by atoms with E-state index in [1.54, 1.807) is 0 Å². The van der Waals surface area contributed by atoms with Gasteiger partial charge in [0.25, 0.3) is 0 Å². The highest BCUT2D eigenvalue weighted by molar-refractivity contribution is 5.69. The van der Waals surface area contributed by atoms with Gasteiger partial charge in [-0.25, -0.2) is 0 Å². The first-order chi connectivity index (χ1) is 10.8. The van der Waals surface area contributed by atoms with Crippen LogP contribution in [0, 0.1) is 0 Å². The first-order valence-corrected chi connectivity index (χ1v) is 8.36. The van der Waals surface area contributed by atoms with Crippen LogP contribution in [0.1, 0.15) is 43.4 Å². The Labute approximate surface area is 135 Å². The van der Waals surface area contributed by atoms with Gasteiger partial charge in [-0.3, -0.25) is 4.90 Å². The Bertz CT molecular complexity index is 548. The highest BCUT2D eigenvalue weighted by Gasteiger charge is 2.03. The van der Waals surface area contributed by atoms with Gasteiger partial charge < -0.3 is 0 Å². The third-order valence-corrected chi connectivity index (χ3v) is 3.73. The second-order valence-corrected chi connectivity index (χ2v) is 5.76. The summed E-state index contributed by atoms with van der Waals surface area (Å²) in [6.07, 6.45) is 6.78. The summed E-state index contributed by atoms with van der Waals surface area (Å²) < 4.78 is 0. The maximum Gasteiger partial charge on any atom is 0.0233 e. The van der Waals surface area contributed by atoms with Crippen LogP contribution in [0.2, 0.25) is 0 Å². The van der Waals surface area contributed by atoms with E-state index in [-0.39, 0.29) is 0 Å². The van der Waals surface area contributed by atoms with E-state index in [4.69, 9.17) is 0 Å². The average Bonchev–Trinajstić information content (AvgIpc) is 2.56. The Morgan fingerprint density at radius 3 is 1.82 bits per heavy atom. The van der Waals surface area contributed by atoms with Crippen molar-refractivity contribution in [1.82, 2.24) is 4.90 Å². The highest BCUT2D eigenvalue weighted by atomic mass is 15.1. The molecule has 0 saturated carbocycles. The molecule has 116 valence electrons. The van der Waals surface area contributed by atoms with E-state index in [0.29, 0.717) is 0 Å². The molecule has 0 atom stereocenters. The third-order valence-electron chi connectivity index (χ3n) is 3.73. The van der Waals surface area contributed by atoms with E-state index in [1.165, 1.54) is 42.6 Å². The third kappa shape index (κ3) is 5.50. The number of benzene rings is 2. The molecule has 2 aromatic rings. The lowest BCUT2D eigenvalue weighted by Crippen LogP contribution is -2.24. The van der Waals surface area contributed by atoms with E-state index < -0.39 is 0 Å². The monoisotopic (exact) mass is 293 g/mol. The summed E-state index contributed by atoms with van der Waals surface area (Å²) in [4.78, 5) is 2.54. The fourth-order valence-electron chi connectivity index (χ4n) is 2.65. The summed E-state index contributed by atoms with van der Waals surface area (Å²) in [5.74, 6) is 0. The quantitative estimate of drug-likeness (QED) is 0.583. The van der Waals surface area contributed by atoms with Crippen molar-refractivity contribution in [2.45, 2.75) is 33.2 Å². The molecule has 0 fully saturated rings. The summed E-state index contributed by atoms with van der Waals surface area (Å²) in [6, 6.07) is 19.4. The molecule has 0 aliphatic heterocycles. The van der Waals surface area contributed by atoms with E-state index in [2.05, 4.69) is 79.4 Å². The number of nitrogens with zero attached hydrogens (tertiary/aromatic N) is 1. The minimum atomic E-state index is 1.06. The molecule has 0 heterocycles. The minimum absolute atomic E-state index is 1.06. The minimum Gasteiger partial charge on any atom is -0.299 e. The molecule has 0 aromatic heterocycles. The van der Waals surface area contributed by atoms with Crippen molar-refractivity contribution in [3.63, 3.8) is 0 Å². The maximum atomic E-state index is 2.54. The average molecular weight is 293 g/mol. The molecule has 0 radical (unpaired) electrons. The largest absolute Gasteiger partial charge is 0.299 e. The van der Waals surface area contributed by atoms with Crippen molar-refractivity contribution in [1.29, 1.82) is 0 Å². The molecule has 0 aliphatic carbocycles. The maximum absolute atomic E-state index is 2.54. The van der Waals surface area contributed by atoms with Crippen LogP contribution >= 0.6 is 0 Å². The lowest BCUT2D eigenvalue weighted by atomic mass is 10.1. The summed E-state index contributed by atoms with van der Waals surface area (Å²) in [5, 5.41) is 0. The molecule has 0 N–H and O–H groups in total. The topological polar surface area (TPSA) is 3.24 Å². The SMILES string of the molecule is CCCN(CCC)Cc1ccc(/C=C/c2ccccc2)cc1. The van der Waals surface area contributed by atoms with Gasteiger partial charge in [0.05, 0.1) is 0 Å². The van der Waals surface area contributed by atoms with Crippen molar-refractivity contribution in [3.8, 4) is 0 Å². The Morgan fingerprint density at radius 2 is 1.27 bits per heavy atom. The predicted octanol–water partition coefficient (Wildman–Crippen LogP) is 5.48. The Hall–Kier alpha value is -1.86. The zero-order chi connectivity index (χ0) is 15.6. The molecule has 22 heavy (non-hydrogen) atoms. The Balaban J connectivity index is 1.96.